The fraction of sp³-hybridized carbons (Fsp3) is 0.364. The molecule has 7 heteroatoms. The van der Waals surface area contributed by atoms with Gasteiger partial charge in [0.25, 0.3) is 6.43 Å². The fourth-order valence-electron chi connectivity index (χ4n) is 1.11. The van der Waals surface area contributed by atoms with E-state index in [4.69, 9.17) is 0 Å². The molecule has 0 saturated carbocycles. The van der Waals surface area contributed by atoms with Crippen LogP contribution in [0.1, 0.15) is 17.8 Å². The summed E-state index contributed by atoms with van der Waals surface area (Å²) in [6, 6.07) is 1.23. The van der Waals surface area contributed by atoms with Gasteiger partial charge in [-0.05, 0) is 13.0 Å². The summed E-state index contributed by atoms with van der Waals surface area (Å²) in [5.74, 6) is -0.136. The molecule has 0 aliphatic rings. The van der Waals surface area contributed by atoms with Crippen LogP contribution in [0.3, 0.4) is 0 Å². The average molecular weight is 273 g/mol. The van der Waals surface area contributed by atoms with E-state index in [1.54, 1.807) is 13.0 Å². The first-order chi connectivity index (χ1) is 8.52. The molecule has 18 heavy (non-hydrogen) atoms. The Labute approximate surface area is 108 Å². The minimum atomic E-state index is -2.64. The van der Waals surface area contributed by atoms with Crippen LogP contribution >= 0.6 is 11.8 Å². The van der Waals surface area contributed by atoms with Crippen molar-refractivity contribution in [1.82, 2.24) is 15.3 Å². The highest BCUT2D eigenvalue weighted by atomic mass is 32.2. The number of carbonyl (C=O) groups is 1. The summed E-state index contributed by atoms with van der Waals surface area (Å²) in [7, 11) is 0. The lowest BCUT2D eigenvalue weighted by Gasteiger charge is -2.05. The quantitative estimate of drug-likeness (QED) is 0.490. The predicted molar refractivity (Wildman–Crippen MR) is 65.7 cm³/mol. The van der Waals surface area contributed by atoms with Gasteiger partial charge in [-0.2, -0.15) is 0 Å². The fourth-order valence-corrected chi connectivity index (χ4v) is 1.85. The van der Waals surface area contributed by atoms with E-state index < -0.39 is 6.43 Å². The van der Waals surface area contributed by atoms with Crippen molar-refractivity contribution in [2.75, 3.05) is 12.3 Å². The van der Waals surface area contributed by atoms with Crippen LogP contribution in [-0.2, 0) is 4.79 Å². The molecule has 1 heterocycles. The van der Waals surface area contributed by atoms with E-state index in [0.29, 0.717) is 12.2 Å². The van der Waals surface area contributed by atoms with Crippen molar-refractivity contribution in [3.8, 4) is 0 Å². The van der Waals surface area contributed by atoms with Crippen LogP contribution in [0.2, 0.25) is 0 Å². The molecule has 1 N–H and O–H groups in total. The molecule has 1 aromatic rings. The van der Waals surface area contributed by atoms with E-state index in [1.807, 2.05) is 0 Å². The molecule has 0 radical (unpaired) electrons. The number of nitrogens with one attached hydrogen (secondary N) is 1. The number of nitrogens with zero attached hydrogens (tertiary/aromatic N) is 2. The number of alkyl halides is 2. The number of carbonyl (C=O) groups excluding carboxylic acids is 1. The largest absolute Gasteiger partial charge is 0.352 e. The molecule has 1 rings (SSSR count). The summed E-state index contributed by atoms with van der Waals surface area (Å²) in [5, 5.41) is 2.75. The Balaban J connectivity index is 2.61. The number of aryl methyl sites for hydroxylation is 1. The maximum Gasteiger partial charge on any atom is 0.280 e. The number of halogens is 2. The van der Waals surface area contributed by atoms with Crippen LogP contribution in [-0.4, -0.2) is 28.2 Å². The summed E-state index contributed by atoms with van der Waals surface area (Å²) < 4.78 is 25.0. The molecular formula is C11H13F2N3OS. The van der Waals surface area contributed by atoms with Gasteiger partial charge in [-0.15, -0.1) is 6.58 Å². The minimum Gasteiger partial charge on any atom is -0.352 e. The molecule has 0 fully saturated rings. The standard InChI is InChI=1S/C11H13F2N3OS/c1-3-4-14-9(17)6-18-11-15-7(2)5-8(16-11)10(12)13/h3,5,10H,1,4,6H2,2H3,(H,14,17). The first-order valence-corrected chi connectivity index (χ1v) is 6.15. The van der Waals surface area contributed by atoms with Crippen LogP contribution in [0.25, 0.3) is 0 Å². The van der Waals surface area contributed by atoms with Gasteiger partial charge in [0.1, 0.15) is 5.69 Å². The number of aromatic nitrogens is 2. The van der Waals surface area contributed by atoms with Gasteiger partial charge in [0.05, 0.1) is 5.75 Å². The molecule has 0 aliphatic heterocycles. The Bertz CT molecular complexity index is 440. The van der Waals surface area contributed by atoms with Gasteiger partial charge in [-0.25, -0.2) is 18.7 Å². The zero-order chi connectivity index (χ0) is 13.5. The minimum absolute atomic E-state index is 0.0833. The maximum absolute atomic E-state index is 12.5. The zero-order valence-corrected chi connectivity index (χ0v) is 10.6. The van der Waals surface area contributed by atoms with E-state index >= 15 is 0 Å². The van der Waals surface area contributed by atoms with Crippen molar-refractivity contribution in [1.29, 1.82) is 0 Å². The van der Waals surface area contributed by atoms with Crippen molar-refractivity contribution >= 4 is 17.7 Å². The molecule has 0 aliphatic carbocycles. The molecule has 0 spiro atoms. The molecule has 4 nitrogen and oxygen atoms in total. The average Bonchev–Trinajstić information content (AvgIpc) is 2.33. The maximum atomic E-state index is 12.5. The van der Waals surface area contributed by atoms with Crippen LogP contribution in [0.5, 0.6) is 0 Å². The van der Waals surface area contributed by atoms with Gasteiger partial charge in [0.15, 0.2) is 5.16 Å². The highest BCUT2D eigenvalue weighted by Crippen LogP contribution is 2.20. The number of hydrogen-bond acceptors (Lipinski definition) is 4. The number of rotatable bonds is 6. The molecule has 0 aromatic carbocycles. The van der Waals surface area contributed by atoms with E-state index in [1.165, 1.54) is 6.07 Å². The molecular weight excluding hydrogens is 260 g/mol. The second kappa shape index (κ2) is 7.05. The highest BCUT2D eigenvalue weighted by molar-refractivity contribution is 7.99. The van der Waals surface area contributed by atoms with E-state index in [9.17, 15) is 13.6 Å². The molecule has 0 unspecified atom stereocenters. The summed E-state index contributed by atoms with van der Waals surface area (Å²) in [4.78, 5) is 19.0. The third kappa shape index (κ3) is 4.79. The normalized spacial score (nSPS) is 10.4. The molecule has 0 bridgehead atoms. The topological polar surface area (TPSA) is 54.9 Å². The summed E-state index contributed by atoms with van der Waals surface area (Å²) in [6.07, 6.45) is -1.08. The van der Waals surface area contributed by atoms with Gasteiger partial charge in [0, 0.05) is 12.2 Å². The van der Waals surface area contributed by atoms with Crippen LogP contribution in [0.4, 0.5) is 8.78 Å². The molecule has 1 amide bonds. The second-order valence-corrected chi connectivity index (χ2v) is 4.34. The number of amides is 1. The van der Waals surface area contributed by atoms with Crippen molar-refractivity contribution < 1.29 is 13.6 Å². The van der Waals surface area contributed by atoms with Crippen molar-refractivity contribution in [2.24, 2.45) is 0 Å². The number of thioether (sulfide) groups is 1. The Morgan fingerprint density at radius 2 is 2.33 bits per heavy atom. The third-order valence-electron chi connectivity index (χ3n) is 1.85. The van der Waals surface area contributed by atoms with Gasteiger partial charge < -0.3 is 5.32 Å². The van der Waals surface area contributed by atoms with E-state index in [-0.39, 0.29) is 22.5 Å². The summed E-state index contributed by atoms with van der Waals surface area (Å²) in [5.41, 5.74) is 0.130. The smallest absolute Gasteiger partial charge is 0.280 e. The first kappa shape index (κ1) is 14.6. The Kier molecular flexibility index (Phi) is 5.70. The molecule has 1 aromatic heterocycles. The molecule has 0 atom stereocenters. The lowest BCUT2D eigenvalue weighted by molar-refractivity contribution is -0.118. The van der Waals surface area contributed by atoms with E-state index in [2.05, 4.69) is 21.9 Å². The zero-order valence-electron chi connectivity index (χ0n) is 9.82. The van der Waals surface area contributed by atoms with Gasteiger partial charge in [-0.3, -0.25) is 4.79 Å². The van der Waals surface area contributed by atoms with Gasteiger partial charge in [-0.1, -0.05) is 17.8 Å². The lowest BCUT2D eigenvalue weighted by atomic mass is 10.3. The first-order valence-electron chi connectivity index (χ1n) is 5.17. The lowest BCUT2D eigenvalue weighted by Crippen LogP contribution is -2.25. The third-order valence-corrected chi connectivity index (χ3v) is 2.70. The van der Waals surface area contributed by atoms with Crippen LogP contribution < -0.4 is 5.32 Å². The Hall–Kier alpha value is -1.50. The number of hydrogen-bond donors (Lipinski definition) is 1. The van der Waals surface area contributed by atoms with Crippen molar-refractivity contribution in [3.63, 3.8) is 0 Å². The summed E-state index contributed by atoms with van der Waals surface area (Å²) >= 11 is 1.02. The van der Waals surface area contributed by atoms with Gasteiger partial charge >= 0.3 is 0 Å². The van der Waals surface area contributed by atoms with Crippen LogP contribution in [0, 0.1) is 6.92 Å². The second-order valence-electron chi connectivity index (χ2n) is 3.40. The van der Waals surface area contributed by atoms with E-state index in [0.717, 1.165) is 11.8 Å². The Morgan fingerprint density at radius 1 is 1.61 bits per heavy atom. The molecule has 98 valence electrons. The Morgan fingerprint density at radius 3 is 2.94 bits per heavy atom. The van der Waals surface area contributed by atoms with Crippen LogP contribution in [0.15, 0.2) is 23.9 Å². The summed E-state index contributed by atoms with van der Waals surface area (Å²) in [6.45, 7) is 5.44. The van der Waals surface area contributed by atoms with Crippen molar-refractivity contribution in [2.45, 2.75) is 18.5 Å². The SMILES string of the molecule is C=CCNC(=O)CSc1nc(C)cc(C(F)F)n1. The van der Waals surface area contributed by atoms with Crippen molar-refractivity contribution in [3.05, 3.63) is 30.1 Å². The molecule has 0 saturated heterocycles. The highest BCUT2D eigenvalue weighted by Gasteiger charge is 2.12. The van der Waals surface area contributed by atoms with Gasteiger partial charge in [0.2, 0.25) is 5.91 Å². The monoisotopic (exact) mass is 273 g/mol. The predicted octanol–water partition coefficient (Wildman–Crippen LogP) is 2.12.